The second-order valence-corrected chi connectivity index (χ2v) is 8.39. The third kappa shape index (κ3) is 5.34. The van der Waals surface area contributed by atoms with Crippen LogP contribution < -0.4 is 5.32 Å². The van der Waals surface area contributed by atoms with Gasteiger partial charge in [-0.15, -0.1) is 21.5 Å². The van der Waals surface area contributed by atoms with E-state index >= 15 is 0 Å². The third-order valence-corrected chi connectivity index (χ3v) is 6.07. The number of amides is 1. The molecule has 1 atom stereocenters. The Kier molecular flexibility index (Phi) is 6.56. The molecule has 0 aliphatic carbocycles. The van der Waals surface area contributed by atoms with Crippen LogP contribution in [0.15, 0.2) is 81.8 Å². The molecule has 2 heterocycles. The molecule has 30 heavy (non-hydrogen) atoms. The summed E-state index contributed by atoms with van der Waals surface area (Å²) in [6.07, 6.45) is 0.547. The van der Waals surface area contributed by atoms with E-state index in [1.807, 2.05) is 47.8 Å². The van der Waals surface area contributed by atoms with E-state index in [4.69, 9.17) is 4.42 Å². The predicted molar refractivity (Wildman–Crippen MR) is 115 cm³/mol. The Morgan fingerprint density at radius 3 is 2.60 bits per heavy atom. The zero-order valence-corrected chi connectivity index (χ0v) is 17.5. The summed E-state index contributed by atoms with van der Waals surface area (Å²) >= 11 is 2.72. The van der Waals surface area contributed by atoms with Gasteiger partial charge in [-0.25, -0.2) is 4.39 Å². The molecule has 1 amide bonds. The first-order chi connectivity index (χ1) is 14.7. The molecule has 0 bridgehead atoms. The minimum absolute atomic E-state index is 0.135. The van der Waals surface area contributed by atoms with Gasteiger partial charge >= 0.3 is 0 Å². The zero-order valence-electron chi connectivity index (χ0n) is 15.8. The SMILES string of the molecule is O=C(CSc1nnc(Cc2ccccc2)o1)N[C@H](c1ccc(F)cc1)c1cccs1. The summed E-state index contributed by atoms with van der Waals surface area (Å²) in [6.45, 7) is 0. The fourth-order valence-electron chi connectivity index (χ4n) is 2.90. The molecule has 4 rings (SSSR count). The molecule has 0 aliphatic heterocycles. The summed E-state index contributed by atoms with van der Waals surface area (Å²) < 4.78 is 18.9. The van der Waals surface area contributed by atoms with Crippen LogP contribution in [-0.4, -0.2) is 21.9 Å². The van der Waals surface area contributed by atoms with Gasteiger partial charge in [0.2, 0.25) is 11.8 Å². The van der Waals surface area contributed by atoms with Gasteiger partial charge in [-0.1, -0.05) is 60.3 Å². The van der Waals surface area contributed by atoms with E-state index in [0.29, 0.717) is 17.5 Å². The van der Waals surface area contributed by atoms with Gasteiger partial charge in [0, 0.05) is 4.88 Å². The van der Waals surface area contributed by atoms with E-state index in [2.05, 4.69) is 15.5 Å². The molecule has 0 radical (unpaired) electrons. The maximum Gasteiger partial charge on any atom is 0.277 e. The molecule has 0 spiro atoms. The van der Waals surface area contributed by atoms with Crippen molar-refractivity contribution < 1.29 is 13.6 Å². The Morgan fingerprint density at radius 2 is 1.87 bits per heavy atom. The highest BCUT2D eigenvalue weighted by Crippen LogP contribution is 2.27. The van der Waals surface area contributed by atoms with Crippen LogP contribution in [0.25, 0.3) is 0 Å². The van der Waals surface area contributed by atoms with Crippen molar-refractivity contribution in [2.45, 2.75) is 17.7 Å². The number of thioether (sulfide) groups is 1. The van der Waals surface area contributed by atoms with Crippen molar-refractivity contribution in [3.05, 3.63) is 99.8 Å². The molecule has 0 saturated carbocycles. The number of carbonyl (C=O) groups is 1. The van der Waals surface area contributed by atoms with Gasteiger partial charge < -0.3 is 9.73 Å². The van der Waals surface area contributed by atoms with Crippen molar-refractivity contribution in [2.75, 3.05) is 5.75 Å². The van der Waals surface area contributed by atoms with Crippen molar-refractivity contribution >= 4 is 29.0 Å². The molecule has 8 heteroatoms. The second-order valence-electron chi connectivity index (χ2n) is 6.48. The number of nitrogens with one attached hydrogen (secondary N) is 1. The Balaban J connectivity index is 1.37. The number of thiophene rings is 1. The molecule has 0 aliphatic rings. The van der Waals surface area contributed by atoms with Crippen molar-refractivity contribution in [2.24, 2.45) is 0 Å². The molecule has 0 saturated heterocycles. The lowest BCUT2D eigenvalue weighted by atomic mass is 10.1. The summed E-state index contributed by atoms with van der Waals surface area (Å²) in [4.78, 5) is 13.5. The number of aromatic nitrogens is 2. The molecule has 152 valence electrons. The van der Waals surface area contributed by atoms with Crippen LogP contribution >= 0.6 is 23.1 Å². The number of rotatable bonds is 8. The van der Waals surface area contributed by atoms with Gasteiger partial charge in [0.05, 0.1) is 18.2 Å². The van der Waals surface area contributed by atoms with Crippen LogP contribution in [0.5, 0.6) is 0 Å². The van der Waals surface area contributed by atoms with E-state index in [0.717, 1.165) is 16.0 Å². The van der Waals surface area contributed by atoms with Gasteiger partial charge in [0.1, 0.15) is 5.82 Å². The molecule has 2 aromatic carbocycles. The summed E-state index contributed by atoms with van der Waals surface area (Å²) in [7, 11) is 0. The zero-order chi connectivity index (χ0) is 20.8. The Hall–Kier alpha value is -2.97. The van der Waals surface area contributed by atoms with Crippen LogP contribution in [0.4, 0.5) is 4.39 Å². The number of hydrogen-bond donors (Lipinski definition) is 1. The van der Waals surface area contributed by atoms with Gasteiger partial charge in [0.15, 0.2) is 0 Å². The van der Waals surface area contributed by atoms with E-state index in [1.54, 1.807) is 12.1 Å². The van der Waals surface area contributed by atoms with Gasteiger partial charge in [0.25, 0.3) is 5.22 Å². The van der Waals surface area contributed by atoms with Crippen LogP contribution in [0.3, 0.4) is 0 Å². The van der Waals surface area contributed by atoms with Crippen LogP contribution in [0.1, 0.15) is 27.9 Å². The average Bonchev–Trinajstić information content (AvgIpc) is 3.44. The van der Waals surface area contributed by atoms with Crippen molar-refractivity contribution in [1.82, 2.24) is 15.5 Å². The summed E-state index contributed by atoms with van der Waals surface area (Å²) in [6, 6.07) is 19.5. The highest BCUT2D eigenvalue weighted by molar-refractivity contribution is 7.99. The Bertz CT molecular complexity index is 1080. The fourth-order valence-corrected chi connectivity index (χ4v) is 4.29. The van der Waals surface area contributed by atoms with Crippen molar-refractivity contribution in [3.8, 4) is 0 Å². The number of hydrogen-bond acceptors (Lipinski definition) is 6. The molecule has 5 nitrogen and oxygen atoms in total. The number of carbonyl (C=O) groups excluding carboxylic acids is 1. The van der Waals surface area contributed by atoms with E-state index in [1.165, 1.54) is 35.2 Å². The molecule has 2 aromatic heterocycles. The first kappa shape index (κ1) is 20.3. The largest absolute Gasteiger partial charge is 0.416 e. The smallest absolute Gasteiger partial charge is 0.277 e. The van der Waals surface area contributed by atoms with E-state index < -0.39 is 0 Å². The van der Waals surface area contributed by atoms with Crippen LogP contribution in [0, 0.1) is 5.82 Å². The second kappa shape index (κ2) is 9.69. The maximum atomic E-state index is 13.3. The van der Waals surface area contributed by atoms with Crippen LogP contribution in [-0.2, 0) is 11.2 Å². The average molecular weight is 440 g/mol. The minimum atomic E-state index is -0.338. The standard InChI is InChI=1S/C22H18FN3O2S2/c23-17-10-8-16(9-11-17)21(18-7-4-12-29-18)24-19(27)14-30-22-26-25-20(28-22)13-15-5-2-1-3-6-15/h1-12,21H,13-14H2,(H,24,27)/t21-/m1/s1. The number of nitrogens with zero attached hydrogens (tertiary/aromatic N) is 2. The highest BCUT2D eigenvalue weighted by Gasteiger charge is 2.19. The topological polar surface area (TPSA) is 68.0 Å². The monoisotopic (exact) mass is 439 g/mol. The van der Waals surface area contributed by atoms with Gasteiger partial charge in [-0.3, -0.25) is 4.79 Å². The predicted octanol–water partition coefficient (Wildman–Crippen LogP) is 4.86. The van der Waals surface area contributed by atoms with Crippen molar-refractivity contribution in [3.63, 3.8) is 0 Å². The molecule has 1 N–H and O–H groups in total. The molecule has 0 fully saturated rings. The third-order valence-electron chi connectivity index (χ3n) is 4.31. The maximum absolute atomic E-state index is 13.3. The quantitative estimate of drug-likeness (QED) is 0.397. The lowest BCUT2D eigenvalue weighted by Crippen LogP contribution is -2.30. The Labute approximate surface area is 181 Å². The van der Waals surface area contributed by atoms with Gasteiger partial charge in [-0.2, -0.15) is 0 Å². The molecule has 0 unspecified atom stereocenters. The highest BCUT2D eigenvalue weighted by atomic mass is 32.2. The number of halogens is 1. The van der Waals surface area contributed by atoms with Gasteiger partial charge in [-0.05, 0) is 34.7 Å². The molecular formula is C22H18FN3O2S2. The Morgan fingerprint density at radius 1 is 1.07 bits per heavy atom. The first-order valence-corrected chi connectivity index (χ1v) is 11.1. The summed E-state index contributed by atoms with van der Waals surface area (Å²) in [5, 5.41) is 13.4. The first-order valence-electron chi connectivity index (χ1n) is 9.25. The lowest BCUT2D eigenvalue weighted by Gasteiger charge is -2.18. The normalized spacial score (nSPS) is 11.9. The van der Waals surface area contributed by atoms with E-state index in [9.17, 15) is 9.18 Å². The number of benzene rings is 2. The summed E-state index contributed by atoms with van der Waals surface area (Å²) in [5.41, 5.74) is 1.90. The minimum Gasteiger partial charge on any atom is -0.416 e. The lowest BCUT2D eigenvalue weighted by molar-refractivity contribution is -0.119. The van der Waals surface area contributed by atoms with E-state index in [-0.39, 0.29) is 23.5 Å². The fraction of sp³-hybridized carbons (Fsp3) is 0.136. The summed E-state index contributed by atoms with van der Waals surface area (Å²) in [5.74, 6) is 0.154. The molecule has 4 aromatic rings. The molecular weight excluding hydrogens is 421 g/mol. The van der Waals surface area contributed by atoms with Crippen LogP contribution in [0.2, 0.25) is 0 Å². The van der Waals surface area contributed by atoms with Crippen molar-refractivity contribution in [1.29, 1.82) is 0 Å².